The van der Waals surface area contributed by atoms with E-state index in [9.17, 15) is 34.2 Å². The highest BCUT2D eigenvalue weighted by molar-refractivity contribution is 5.94. The van der Waals surface area contributed by atoms with Crippen molar-refractivity contribution >= 4 is 29.7 Å². The smallest absolute Gasteiger partial charge is 0.326 e. The highest BCUT2D eigenvalue weighted by atomic mass is 16.4. The summed E-state index contributed by atoms with van der Waals surface area (Å²) in [6, 6.07) is -5.18. The van der Waals surface area contributed by atoms with Crippen LogP contribution in [0.5, 0.6) is 0 Å². The minimum Gasteiger partial charge on any atom is -0.481 e. The molecule has 0 aliphatic carbocycles. The van der Waals surface area contributed by atoms with Crippen molar-refractivity contribution in [2.45, 2.75) is 57.3 Å². The molecule has 33 heavy (non-hydrogen) atoms. The zero-order valence-corrected chi connectivity index (χ0v) is 18.3. The molecular weight excluding hydrogens is 440 g/mol. The molecular formula is C19H30N6O8. The molecule has 0 aromatic carbocycles. The maximum Gasteiger partial charge on any atom is 0.326 e. The number of nitrogens with two attached hydrogens (primary N) is 1. The largest absolute Gasteiger partial charge is 0.481 e. The molecule has 4 atom stereocenters. The summed E-state index contributed by atoms with van der Waals surface area (Å²) in [7, 11) is 0. The molecule has 14 heteroatoms. The molecule has 0 bridgehead atoms. The predicted molar refractivity (Wildman–Crippen MR) is 112 cm³/mol. The first kappa shape index (κ1) is 27.5. The van der Waals surface area contributed by atoms with Gasteiger partial charge in [0.05, 0.1) is 19.0 Å². The first-order chi connectivity index (χ1) is 15.5. The lowest BCUT2D eigenvalue weighted by Crippen LogP contribution is -2.59. The lowest BCUT2D eigenvalue weighted by molar-refractivity contribution is -0.143. The van der Waals surface area contributed by atoms with E-state index in [0.29, 0.717) is 5.69 Å². The van der Waals surface area contributed by atoms with E-state index in [1.54, 1.807) is 13.8 Å². The van der Waals surface area contributed by atoms with Gasteiger partial charge in [-0.3, -0.25) is 19.2 Å². The van der Waals surface area contributed by atoms with Gasteiger partial charge in [0.1, 0.15) is 18.1 Å². The average molecular weight is 470 g/mol. The number of hydrogen-bond acceptors (Lipinski definition) is 8. The van der Waals surface area contributed by atoms with Crippen LogP contribution < -0.4 is 21.7 Å². The number of imidazole rings is 1. The minimum absolute atomic E-state index is 0.0772. The zero-order chi connectivity index (χ0) is 25.1. The third-order valence-electron chi connectivity index (χ3n) is 4.66. The van der Waals surface area contributed by atoms with Crippen LogP contribution in [0.3, 0.4) is 0 Å². The number of carboxylic acids is 2. The van der Waals surface area contributed by atoms with Gasteiger partial charge in [0.15, 0.2) is 0 Å². The number of aliphatic hydroxyl groups excluding tert-OH is 1. The number of rotatable bonds is 14. The van der Waals surface area contributed by atoms with Gasteiger partial charge in [-0.2, -0.15) is 0 Å². The maximum atomic E-state index is 12.8. The number of aliphatic hydroxyl groups is 1. The summed E-state index contributed by atoms with van der Waals surface area (Å²) < 4.78 is 0. The number of aromatic nitrogens is 2. The van der Waals surface area contributed by atoms with Gasteiger partial charge in [0.2, 0.25) is 17.7 Å². The molecule has 0 spiro atoms. The molecule has 0 fully saturated rings. The van der Waals surface area contributed by atoms with E-state index < -0.39 is 66.4 Å². The molecule has 3 amide bonds. The molecule has 14 nitrogen and oxygen atoms in total. The molecule has 1 aromatic heterocycles. The van der Waals surface area contributed by atoms with Gasteiger partial charge < -0.3 is 42.0 Å². The Labute approximate surface area is 189 Å². The molecule has 1 heterocycles. The standard InChI is InChI=1S/C19H30N6O8/c1-9(2)15(19(32)33)25-17(30)12(5-10-6-21-8-22-10)23-18(31)13(7-26)24-16(29)11(20)3-4-14(27)28/h6,8-9,11-13,15,26H,3-5,7,20H2,1-2H3,(H,21,22)(H,23,31)(H,24,29)(H,25,30)(H,27,28)(H,32,33). The molecule has 0 radical (unpaired) electrons. The zero-order valence-electron chi connectivity index (χ0n) is 18.3. The number of aliphatic carboxylic acids is 2. The Hall–Kier alpha value is -3.52. The van der Waals surface area contributed by atoms with Crippen LogP contribution >= 0.6 is 0 Å². The Morgan fingerprint density at radius 1 is 1.03 bits per heavy atom. The summed E-state index contributed by atoms with van der Waals surface area (Å²) in [5.74, 6) is -5.41. The van der Waals surface area contributed by atoms with Crippen molar-refractivity contribution in [2.75, 3.05) is 6.61 Å². The fourth-order valence-electron chi connectivity index (χ4n) is 2.75. The van der Waals surface area contributed by atoms with Crippen molar-refractivity contribution in [3.8, 4) is 0 Å². The minimum atomic E-state index is -1.48. The highest BCUT2D eigenvalue weighted by Crippen LogP contribution is 2.05. The SMILES string of the molecule is CC(C)C(NC(=O)C(Cc1cnc[nH]1)NC(=O)C(CO)NC(=O)C(N)CCC(=O)O)C(=O)O. The monoisotopic (exact) mass is 470 g/mol. The second-order valence-electron chi connectivity index (χ2n) is 7.69. The molecule has 1 aromatic rings. The van der Waals surface area contributed by atoms with Gasteiger partial charge in [0.25, 0.3) is 0 Å². The molecule has 9 N–H and O–H groups in total. The third kappa shape index (κ3) is 9.24. The second kappa shape index (κ2) is 13.1. The Bertz CT molecular complexity index is 828. The second-order valence-corrected chi connectivity index (χ2v) is 7.69. The lowest BCUT2D eigenvalue weighted by atomic mass is 10.0. The van der Waals surface area contributed by atoms with E-state index in [2.05, 4.69) is 25.9 Å². The Morgan fingerprint density at radius 3 is 2.12 bits per heavy atom. The number of H-pyrrole nitrogens is 1. The predicted octanol–water partition coefficient (Wildman–Crippen LogP) is -2.67. The maximum absolute atomic E-state index is 12.8. The van der Waals surface area contributed by atoms with Gasteiger partial charge in [0, 0.05) is 24.7 Å². The third-order valence-corrected chi connectivity index (χ3v) is 4.66. The topological polar surface area (TPSA) is 237 Å². The Morgan fingerprint density at radius 2 is 1.64 bits per heavy atom. The van der Waals surface area contributed by atoms with E-state index in [-0.39, 0.29) is 19.3 Å². The fourth-order valence-corrected chi connectivity index (χ4v) is 2.75. The van der Waals surface area contributed by atoms with E-state index >= 15 is 0 Å². The van der Waals surface area contributed by atoms with Crippen molar-refractivity contribution in [1.82, 2.24) is 25.9 Å². The van der Waals surface area contributed by atoms with Crippen molar-refractivity contribution in [3.05, 3.63) is 18.2 Å². The number of carbonyl (C=O) groups is 5. The van der Waals surface area contributed by atoms with E-state index in [4.69, 9.17) is 10.8 Å². The van der Waals surface area contributed by atoms with Gasteiger partial charge >= 0.3 is 11.9 Å². The van der Waals surface area contributed by atoms with Crippen LogP contribution in [0.25, 0.3) is 0 Å². The number of nitrogens with zero attached hydrogens (tertiary/aromatic N) is 1. The summed E-state index contributed by atoms with van der Waals surface area (Å²) in [4.78, 5) is 66.2. The normalized spacial score (nSPS) is 14.6. The number of hydrogen-bond donors (Lipinski definition) is 8. The van der Waals surface area contributed by atoms with E-state index in [0.717, 1.165) is 0 Å². The van der Waals surface area contributed by atoms with Crippen molar-refractivity contribution in [2.24, 2.45) is 11.7 Å². The number of carbonyl (C=O) groups excluding carboxylic acids is 3. The highest BCUT2D eigenvalue weighted by Gasteiger charge is 2.31. The van der Waals surface area contributed by atoms with Crippen LogP contribution in [0.2, 0.25) is 0 Å². The van der Waals surface area contributed by atoms with Gasteiger partial charge in [-0.05, 0) is 12.3 Å². The van der Waals surface area contributed by atoms with Crippen LogP contribution in [0.4, 0.5) is 0 Å². The number of amides is 3. The number of aromatic amines is 1. The van der Waals surface area contributed by atoms with Crippen LogP contribution in [-0.2, 0) is 30.4 Å². The Balaban J connectivity index is 2.92. The first-order valence-corrected chi connectivity index (χ1v) is 10.2. The average Bonchev–Trinajstić information content (AvgIpc) is 3.25. The lowest BCUT2D eigenvalue weighted by Gasteiger charge is -2.25. The molecule has 0 aliphatic heterocycles. The van der Waals surface area contributed by atoms with Gasteiger partial charge in [-0.15, -0.1) is 0 Å². The molecule has 0 saturated carbocycles. The number of nitrogens with one attached hydrogen (secondary N) is 4. The van der Waals surface area contributed by atoms with Crippen molar-refractivity contribution < 1.29 is 39.3 Å². The summed E-state index contributed by atoms with van der Waals surface area (Å²) in [6.45, 7) is 2.38. The van der Waals surface area contributed by atoms with Crippen molar-refractivity contribution in [3.63, 3.8) is 0 Å². The fraction of sp³-hybridized carbons (Fsp3) is 0.579. The quantitative estimate of drug-likeness (QED) is 0.140. The van der Waals surface area contributed by atoms with Crippen molar-refractivity contribution in [1.29, 1.82) is 0 Å². The summed E-state index contributed by atoms with van der Waals surface area (Å²) in [6.07, 6.45) is 2.15. The van der Waals surface area contributed by atoms with Crippen LogP contribution in [0.15, 0.2) is 12.5 Å². The molecule has 184 valence electrons. The number of carboxylic acid groups (broad SMARTS) is 2. The molecule has 1 rings (SSSR count). The molecule has 0 saturated heterocycles. The van der Waals surface area contributed by atoms with Gasteiger partial charge in [-0.25, -0.2) is 9.78 Å². The molecule has 0 aliphatic rings. The first-order valence-electron chi connectivity index (χ1n) is 10.2. The Kier molecular flexibility index (Phi) is 10.9. The van der Waals surface area contributed by atoms with Crippen LogP contribution in [-0.4, -0.2) is 85.7 Å². The summed E-state index contributed by atoms with van der Waals surface area (Å²) in [5, 5.41) is 34.5. The van der Waals surface area contributed by atoms with E-state index in [1.165, 1.54) is 12.5 Å². The summed E-state index contributed by atoms with van der Waals surface area (Å²) >= 11 is 0. The van der Waals surface area contributed by atoms with Crippen LogP contribution in [0.1, 0.15) is 32.4 Å². The summed E-state index contributed by atoms with van der Waals surface area (Å²) in [5.41, 5.74) is 6.07. The molecule has 4 unspecified atom stereocenters. The van der Waals surface area contributed by atoms with Gasteiger partial charge in [-0.1, -0.05) is 13.8 Å². The van der Waals surface area contributed by atoms with Crippen LogP contribution in [0, 0.1) is 5.92 Å². The van der Waals surface area contributed by atoms with E-state index in [1.807, 2.05) is 0 Å².